The molecule has 3 aromatic carbocycles. The molecule has 0 N–H and O–H groups in total. The Hall–Kier alpha value is -3.39. The Labute approximate surface area is 267 Å². The number of hydrogen-bond acceptors (Lipinski definition) is 2. The maximum absolute atomic E-state index is 8.90. The van der Waals surface area contributed by atoms with Gasteiger partial charge in [0.05, 0.1) is 0 Å². The summed E-state index contributed by atoms with van der Waals surface area (Å²) in [6.45, 7) is 2.43. The zero-order valence-corrected chi connectivity index (χ0v) is 25.4. The van der Waals surface area contributed by atoms with E-state index in [0.717, 1.165) is 11.1 Å². The Morgan fingerprint density at radius 3 is 2.23 bits per heavy atom. The van der Waals surface area contributed by atoms with Crippen molar-refractivity contribution in [3.63, 3.8) is 0 Å². The number of hydrogen-bond donors (Lipinski definition) is 0. The van der Waals surface area contributed by atoms with Crippen LogP contribution in [-0.2, 0) is 26.5 Å². The van der Waals surface area contributed by atoms with Crippen LogP contribution in [0.5, 0.6) is 0 Å². The first kappa shape index (κ1) is 20.5. The van der Waals surface area contributed by atoms with Crippen LogP contribution in [0.3, 0.4) is 0 Å². The molecule has 2 nitrogen and oxygen atoms in total. The first-order valence-electron chi connectivity index (χ1n) is 17.4. The van der Waals surface area contributed by atoms with Crippen LogP contribution >= 0.6 is 0 Å². The topological polar surface area (TPSA) is 25.8 Å². The summed E-state index contributed by atoms with van der Waals surface area (Å²) in [7, 11) is 0. The number of aryl methyl sites for hydroxylation is 3. The van der Waals surface area contributed by atoms with E-state index in [0.29, 0.717) is 28.1 Å². The Kier molecular flexibility index (Phi) is 7.60. The van der Waals surface area contributed by atoms with Gasteiger partial charge in [-0.05, 0) is 53.6 Å². The van der Waals surface area contributed by atoms with Gasteiger partial charge in [-0.15, -0.1) is 70.3 Å². The number of rotatable bonds is 6. The monoisotopic (exact) mass is 712 g/mol. The Morgan fingerprint density at radius 1 is 0.825 bits per heavy atom. The van der Waals surface area contributed by atoms with Crippen molar-refractivity contribution in [3.05, 3.63) is 143 Å². The molecule has 0 aliphatic heterocycles. The summed E-state index contributed by atoms with van der Waals surface area (Å²) in [5, 5.41) is 0. The van der Waals surface area contributed by atoms with Crippen LogP contribution in [0.2, 0.25) is 0 Å². The molecule has 0 aliphatic carbocycles. The molecule has 0 saturated heterocycles. The third kappa shape index (κ3) is 8.31. The van der Waals surface area contributed by atoms with E-state index in [-0.39, 0.29) is 42.7 Å². The van der Waals surface area contributed by atoms with Crippen LogP contribution in [0.25, 0.3) is 22.5 Å². The summed E-state index contributed by atoms with van der Waals surface area (Å²) in [5.41, 5.74) is 5.14. The number of pyridine rings is 2. The Morgan fingerprint density at radius 2 is 1.57 bits per heavy atom. The molecule has 1 radical (unpaired) electrons. The quantitative estimate of drug-likeness (QED) is 0.164. The Balaban J connectivity index is 0.000000261. The summed E-state index contributed by atoms with van der Waals surface area (Å²) in [6.07, 6.45) is 1.19. The van der Waals surface area contributed by atoms with Crippen molar-refractivity contribution in [1.29, 1.82) is 0 Å². The molecule has 0 fully saturated rings. The maximum Gasteiger partial charge on any atom is 0.0383 e. The van der Waals surface area contributed by atoms with Gasteiger partial charge < -0.3 is 9.97 Å². The smallest absolute Gasteiger partial charge is 0.0383 e. The van der Waals surface area contributed by atoms with Gasteiger partial charge in [0.15, 0.2) is 0 Å². The zero-order valence-electron chi connectivity index (χ0n) is 32.0. The van der Waals surface area contributed by atoms with E-state index in [4.69, 9.17) is 12.3 Å². The van der Waals surface area contributed by atoms with Crippen LogP contribution in [0.4, 0.5) is 0 Å². The molecule has 0 bridgehead atoms. The third-order valence-corrected chi connectivity index (χ3v) is 6.09. The predicted octanol–water partition coefficient (Wildman–Crippen LogP) is 9.37. The summed E-state index contributed by atoms with van der Waals surface area (Å²) in [6, 6.07) is 31.2. The molecular weight excluding hydrogens is 665 g/mol. The van der Waals surface area contributed by atoms with E-state index in [1.165, 1.54) is 12.3 Å². The molecule has 3 heteroatoms. The average Bonchev–Trinajstić information content (AvgIpc) is 3.05. The van der Waals surface area contributed by atoms with E-state index in [2.05, 4.69) is 22.1 Å². The van der Waals surface area contributed by atoms with Gasteiger partial charge in [0, 0.05) is 44.8 Å². The molecule has 2 heterocycles. The van der Waals surface area contributed by atoms with Gasteiger partial charge in [-0.2, -0.15) is 0 Å². The first-order chi connectivity index (χ1) is 22.3. The minimum atomic E-state index is -2.40. The second-order valence-corrected chi connectivity index (χ2v) is 9.57. The molecule has 0 saturated carbocycles. The van der Waals surface area contributed by atoms with Crippen molar-refractivity contribution < 1.29 is 32.4 Å². The molecule has 0 aliphatic rings. The number of aromatic nitrogens is 2. The molecule has 5 aromatic rings. The normalized spacial score (nSPS) is 16.4. The molecule has 5 rings (SSSR count). The van der Waals surface area contributed by atoms with Gasteiger partial charge in [-0.25, -0.2) is 0 Å². The summed E-state index contributed by atoms with van der Waals surface area (Å²) in [5.74, 6) is -1.57. The second-order valence-electron chi connectivity index (χ2n) is 9.57. The van der Waals surface area contributed by atoms with Crippen molar-refractivity contribution in [2.45, 2.75) is 53.7 Å². The molecule has 40 heavy (non-hydrogen) atoms. The molecule has 2 aromatic heterocycles. The van der Waals surface area contributed by atoms with Crippen LogP contribution in [0, 0.1) is 38.7 Å². The fourth-order valence-electron chi connectivity index (χ4n) is 4.01. The maximum atomic E-state index is 8.90. The molecule has 0 spiro atoms. The van der Waals surface area contributed by atoms with Crippen molar-refractivity contribution in [3.8, 4) is 22.5 Å². The third-order valence-electron chi connectivity index (χ3n) is 6.09. The van der Waals surface area contributed by atoms with Crippen molar-refractivity contribution in [1.82, 2.24) is 9.97 Å². The van der Waals surface area contributed by atoms with Crippen LogP contribution in [0.15, 0.2) is 97.3 Å². The molecule has 1 atom stereocenters. The average molecular weight is 712 g/mol. The van der Waals surface area contributed by atoms with Gasteiger partial charge in [0.2, 0.25) is 0 Å². The minimum absolute atomic E-state index is 0. The summed E-state index contributed by atoms with van der Waals surface area (Å²) >= 11 is 0. The van der Waals surface area contributed by atoms with Gasteiger partial charge >= 0.3 is 0 Å². The standard InChI is InChI=1S/C20H18N.C17H20N.Ir/c1-15-11-12-18(20-10-6-7-13-21-20)14-19(15)16(2)17-8-4-3-5-9-17;1-12(2)9-16-10-17(18-11-14(16)4)15-7-5-13(3)6-8-15;/h3-11,13-14,16H,1-2H3;5-7,10-12H,9H2,1-4H3;/q2*-1;/i1D3,16D;4D3,9D2;. The fourth-order valence-corrected chi connectivity index (χ4v) is 4.01. The van der Waals surface area contributed by atoms with Crippen molar-refractivity contribution in [2.24, 2.45) is 5.92 Å². The van der Waals surface area contributed by atoms with Crippen LogP contribution in [0.1, 0.15) is 72.4 Å². The van der Waals surface area contributed by atoms with Gasteiger partial charge in [0.1, 0.15) is 0 Å². The molecule has 1 unspecified atom stereocenters. The second kappa shape index (κ2) is 14.8. The largest absolute Gasteiger partial charge is 0.305 e. The van der Waals surface area contributed by atoms with E-state index >= 15 is 0 Å². The summed E-state index contributed by atoms with van der Waals surface area (Å²) in [4.78, 5) is 8.52. The van der Waals surface area contributed by atoms with E-state index in [9.17, 15) is 0 Å². The SMILES string of the molecule is [2H]C([2H])([2H])c1c[c-]c(-c2ccccn2)cc1C([2H])(C)c1ccccc1.[2H]C([2H])([2H])c1cnc(-c2[c-]cc(C)cc2)cc1C([2H])([2H])C(C)C.[Ir]. The van der Waals surface area contributed by atoms with Crippen LogP contribution < -0.4 is 0 Å². The minimum Gasteiger partial charge on any atom is -0.305 e. The van der Waals surface area contributed by atoms with Gasteiger partial charge in [-0.3, -0.25) is 0 Å². The van der Waals surface area contributed by atoms with Crippen LogP contribution in [-0.4, -0.2) is 9.97 Å². The molecule has 0 amide bonds. The van der Waals surface area contributed by atoms with Crippen molar-refractivity contribution in [2.75, 3.05) is 0 Å². The van der Waals surface area contributed by atoms with Gasteiger partial charge in [-0.1, -0.05) is 88.6 Å². The summed E-state index contributed by atoms with van der Waals surface area (Å²) < 4.78 is 72.0. The van der Waals surface area contributed by atoms with Gasteiger partial charge in [0.25, 0.3) is 0 Å². The zero-order chi connectivity index (χ0) is 35.5. The predicted molar refractivity (Wildman–Crippen MR) is 164 cm³/mol. The fraction of sp³-hybridized carbons (Fsp3) is 0.243. The van der Waals surface area contributed by atoms with E-state index in [1.54, 1.807) is 39.1 Å². The number of benzene rings is 3. The van der Waals surface area contributed by atoms with Crippen molar-refractivity contribution >= 4 is 0 Å². The molecular formula is C37H38IrN2-2. The molecule has 207 valence electrons. The van der Waals surface area contributed by atoms with E-state index in [1.807, 2.05) is 73.7 Å². The van der Waals surface area contributed by atoms with E-state index < -0.39 is 26.0 Å². The Bertz CT molecular complexity index is 1820. The number of nitrogens with zero attached hydrogens (tertiary/aromatic N) is 2. The first-order valence-corrected chi connectivity index (χ1v) is 12.9.